The first kappa shape index (κ1) is 9.73. The van der Waals surface area contributed by atoms with Gasteiger partial charge in [-0.2, -0.15) is 5.10 Å². The number of rotatable bonds is 3. The van der Waals surface area contributed by atoms with Crippen LogP contribution in [0.3, 0.4) is 0 Å². The van der Waals surface area contributed by atoms with E-state index in [-0.39, 0.29) is 5.91 Å². The summed E-state index contributed by atoms with van der Waals surface area (Å²) in [6.45, 7) is 2.28. The maximum Gasteiger partial charge on any atom is 0.246 e. The van der Waals surface area contributed by atoms with E-state index in [0.717, 1.165) is 0 Å². The number of anilines is 1. The van der Waals surface area contributed by atoms with E-state index >= 15 is 0 Å². The molecule has 0 saturated heterocycles. The number of carbonyl (C=O) groups is 1. The standard InChI is InChI=1S/C8H14N4O/c1-6-7(10)5-12(11-6)8(13)3-2-4-9/h5H,2-4,9-10H2,1H3. The summed E-state index contributed by atoms with van der Waals surface area (Å²) in [7, 11) is 0. The van der Waals surface area contributed by atoms with Gasteiger partial charge in [0, 0.05) is 6.42 Å². The molecular weight excluding hydrogens is 168 g/mol. The first-order valence-corrected chi connectivity index (χ1v) is 4.20. The van der Waals surface area contributed by atoms with Crippen LogP contribution in [0.25, 0.3) is 0 Å². The molecule has 0 radical (unpaired) electrons. The van der Waals surface area contributed by atoms with Crippen LogP contribution in [0.1, 0.15) is 23.3 Å². The quantitative estimate of drug-likeness (QED) is 0.696. The van der Waals surface area contributed by atoms with Gasteiger partial charge in [-0.15, -0.1) is 0 Å². The zero-order valence-corrected chi connectivity index (χ0v) is 7.66. The molecule has 72 valence electrons. The van der Waals surface area contributed by atoms with Gasteiger partial charge in [-0.3, -0.25) is 4.79 Å². The van der Waals surface area contributed by atoms with Gasteiger partial charge in [0.15, 0.2) is 0 Å². The zero-order valence-electron chi connectivity index (χ0n) is 7.66. The SMILES string of the molecule is Cc1nn(C(=O)CCCN)cc1N. The molecule has 13 heavy (non-hydrogen) atoms. The number of aryl methyl sites for hydroxylation is 1. The van der Waals surface area contributed by atoms with Gasteiger partial charge >= 0.3 is 0 Å². The molecule has 0 aliphatic carbocycles. The monoisotopic (exact) mass is 182 g/mol. The van der Waals surface area contributed by atoms with Crippen LogP contribution in [0, 0.1) is 6.92 Å². The van der Waals surface area contributed by atoms with Gasteiger partial charge in [0.05, 0.1) is 17.6 Å². The van der Waals surface area contributed by atoms with Crippen LogP contribution in [0.15, 0.2) is 6.20 Å². The number of hydrogen-bond donors (Lipinski definition) is 2. The molecule has 4 N–H and O–H groups in total. The smallest absolute Gasteiger partial charge is 0.246 e. The normalized spacial score (nSPS) is 10.3. The Morgan fingerprint density at radius 3 is 2.85 bits per heavy atom. The van der Waals surface area contributed by atoms with Crippen LogP contribution in [0.5, 0.6) is 0 Å². The Morgan fingerprint density at radius 2 is 2.38 bits per heavy atom. The topological polar surface area (TPSA) is 86.9 Å². The highest BCUT2D eigenvalue weighted by Crippen LogP contribution is 2.07. The van der Waals surface area contributed by atoms with Crippen molar-refractivity contribution in [1.82, 2.24) is 9.78 Å². The molecule has 0 bridgehead atoms. The number of nitrogen functional groups attached to an aromatic ring is 1. The number of nitrogens with two attached hydrogens (primary N) is 2. The second-order valence-corrected chi connectivity index (χ2v) is 2.90. The van der Waals surface area contributed by atoms with E-state index in [9.17, 15) is 4.79 Å². The summed E-state index contributed by atoms with van der Waals surface area (Å²) in [4.78, 5) is 11.4. The summed E-state index contributed by atoms with van der Waals surface area (Å²) >= 11 is 0. The van der Waals surface area contributed by atoms with Crippen molar-refractivity contribution < 1.29 is 4.79 Å². The predicted octanol–water partition coefficient (Wildman–Crippen LogP) is 0.153. The lowest BCUT2D eigenvalue weighted by atomic mass is 10.3. The molecule has 0 saturated carbocycles. The van der Waals surface area contributed by atoms with Gasteiger partial charge in [-0.05, 0) is 19.9 Å². The van der Waals surface area contributed by atoms with Crippen molar-refractivity contribution in [3.8, 4) is 0 Å². The van der Waals surface area contributed by atoms with Crippen molar-refractivity contribution in [2.24, 2.45) is 5.73 Å². The molecule has 0 aliphatic rings. The Labute approximate surface area is 76.7 Å². The maximum absolute atomic E-state index is 11.4. The van der Waals surface area contributed by atoms with Crippen molar-refractivity contribution in [3.05, 3.63) is 11.9 Å². The van der Waals surface area contributed by atoms with Crippen molar-refractivity contribution >= 4 is 11.6 Å². The van der Waals surface area contributed by atoms with E-state index in [0.29, 0.717) is 30.8 Å². The second kappa shape index (κ2) is 4.04. The molecule has 0 atom stereocenters. The highest BCUT2D eigenvalue weighted by Gasteiger charge is 2.07. The van der Waals surface area contributed by atoms with E-state index in [1.54, 1.807) is 6.92 Å². The molecule has 0 aliphatic heterocycles. The van der Waals surface area contributed by atoms with E-state index in [1.807, 2.05) is 0 Å². The largest absolute Gasteiger partial charge is 0.396 e. The fraction of sp³-hybridized carbons (Fsp3) is 0.500. The summed E-state index contributed by atoms with van der Waals surface area (Å²) in [5, 5.41) is 3.96. The molecule has 0 amide bonds. The lowest BCUT2D eigenvalue weighted by molar-refractivity contribution is 0.0884. The van der Waals surface area contributed by atoms with Crippen molar-refractivity contribution in [1.29, 1.82) is 0 Å². The van der Waals surface area contributed by atoms with Crippen molar-refractivity contribution in [2.45, 2.75) is 19.8 Å². The summed E-state index contributed by atoms with van der Waals surface area (Å²) in [5.74, 6) is -0.0646. The summed E-state index contributed by atoms with van der Waals surface area (Å²) in [6.07, 6.45) is 2.63. The third kappa shape index (κ3) is 2.29. The minimum absolute atomic E-state index is 0.0646. The van der Waals surface area contributed by atoms with Crippen LogP contribution in [-0.2, 0) is 0 Å². The molecule has 5 nitrogen and oxygen atoms in total. The van der Waals surface area contributed by atoms with Gasteiger partial charge in [-0.25, -0.2) is 4.68 Å². The number of hydrogen-bond acceptors (Lipinski definition) is 4. The lowest BCUT2D eigenvalue weighted by Gasteiger charge is -1.97. The summed E-state index contributed by atoms with van der Waals surface area (Å²) in [5.41, 5.74) is 12.1. The summed E-state index contributed by atoms with van der Waals surface area (Å²) in [6, 6.07) is 0. The Bertz CT molecular complexity index is 286. The van der Waals surface area contributed by atoms with Crippen molar-refractivity contribution in [2.75, 3.05) is 12.3 Å². The average molecular weight is 182 g/mol. The fourth-order valence-electron chi connectivity index (χ4n) is 0.969. The highest BCUT2D eigenvalue weighted by atomic mass is 16.2. The van der Waals surface area contributed by atoms with Crippen molar-refractivity contribution in [3.63, 3.8) is 0 Å². The molecule has 0 unspecified atom stereocenters. The first-order valence-electron chi connectivity index (χ1n) is 4.20. The third-order valence-electron chi connectivity index (χ3n) is 1.79. The molecule has 5 heteroatoms. The Hall–Kier alpha value is -1.36. The van der Waals surface area contributed by atoms with E-state index in [4.69, 9.17) is 11.5 Å². The lowest BCUT2D eigenvalue weighted by Crippen LogP contribution is -2.13. The Kier molecular flexibility index (Phi) is 3.02. The molecular formula is C8H14N4O. The highest BCUT2D eigenvalue weighted by molar-refractivity contribution is 5.78. The molecule has 1 heterocycles. The minimum Gasteiger partial charge on any atom is -0.396 e. The van der Waals surface area contributed by atoms with Crippen LogP contribution in [-0.4, -0.2) is 22.2 Å². The van der Waals surface area contributed by atoms with Gasteiger partial charge in [-0.1, -0.05) is 0 Å². The Morgan fingerprint density at radius 1 is 1.69 bits per heavy atom. The minimum atomic E-state index is -0.0646. The first-order chi connectivity index (χ1) is 6.15. The van der Waals surface area contributed by atoms with Crippen LogP contribution in [0.2, 0.25) is 0 Å². The van der Waals surface area contributed by atoms with Gasteiger partial charge in [0.1, 0.15) is 0 Å². The van der Waals surface area contributed by atoms with E-state index in [1.165, 1.54) is 10.9 Å². The predicted molar refractivity (Wildman–Crippen MR) is 50.3 cm³/mol. The van der Waals surface area contributed by atoms with E-state index < -0.39 is 0 Å². The average Bonchev–Trinajstić information content (AvgIpc) is 2.43. The Balaban J connectivity index is 2.66. The van der Waals surface area contributed by atoms with E-state index in [2.05, 4.69) is 5.10 Å². The fourth-order valence-corrected chi connectivity index (χ4v) is 0.969. The summed E-state index contributed by atoms with van der Waals surface area (Å²) < 4.78 is 1.28. The molecule has 0 fully saturated rings. The van der Waals surface area contributed by atoms with Crippen LogP contribution < -0.4 is 11.5 Å². The molecule has 0 aromatic carbocycles. The van der Waals surface area contributed by atoms with Gasteiger partial charge < -0.3 is 11.5 Å². The number of carbonyl (C=O) groups excluding carboxylic acids is 1. The molecule has 1 aromatic heterocycles. The molecule has 1 rings (SSSR count). The van der Waals surface area contributed by atoms with Crippen LogP contribution >= 0.6 is 0 Å². The van der Waals surface area contributed by atoms with Crippen LogP contribution in [0.4, 0.5) is 5.69 Å². The molecule has 1 aromatic rings. The third-order valence-corrected chi connectivity index (χ3v) is 1.79. The van der Waals surface area contributed by atoms with Gasteiger partial charge in [0.25, 0.3) is 0 Å². The van der Waals surface area contributed by atoms with Gasteiger partial charge in [0.2, 0.25) is 5.91 Å². The number of nitrogens with zero attached hydrogens (tertiary/aromatic N) is 2. The molecule has 0 spiro atoms. The zero-order chi connectivity index (χ0) is 9.84. The second-order valence-electron chi connectivity index (χ2n) is 2.90. The number of aromatic nitrogens is 2. The maximum atomic E-state index is 11.4.